The van der Waals surface area contributed by atoms with Gasteiger partial charge in [-0.15, -0.1) is 0 Å². The molecule has 0 aliphatic carbocycles. The molecule has 28 heavy (non-hydrogen) atoms. The van der Waals surface area contributed by atoms with Gasteiger partial charge in [0, 0.05) is 24.4 Å². The zero-order valence-electron chi connectivity index (χ0n) is 15.3. The zero-order valence-corrected chi connectivity index (χ0v) is 16.1. The maximum absolute atomic E-state index is 12.7. The molecule has 144 valence electrons. The Labute approximate surface area is 169 Å². The standard InChI is InChI=1S/C22H21ClN2O3/c1-24-18-9-4-16(5-10-18)12-22(28)25-14-19(26)13-20(25)21(27)11-6-15-2-7-17(23)8-3-15/h2-5,7-10,19-20,26H,6,11-14H2/t19-,20+/m1/s1. The van der Waals surface area contributed by atoms with Crippen molar-refractivity contribution >= 4 is 29.0 Å². The van der Waals surface area contributed by atoms with E-state index in [1.807, 2.05) is 12.1 Å². The molecule has 0 saturated carbocycles. The van der Waals surface area contributed by atoms with Gasteiger partial charge >= 0.3 is 0 Å². The molecule has 1 aliphatic rings. The highest BCUT2D eigenvalue weighted by atomic mass is 35.5. The van der Waals surface area contributed by atoms with E-state index in [1.165, 1.54) is 4.90 Å². The molecule has 1 heterocycles. The van der Waals surface area contributed by atoms with Crippen molar-refractivity contribution in [1.29, 1.82) is 0 Å². The van der Waals surface area contributed by atoms with Crippen LogP contribution < -0.4 is 0 Å². The molecule has 3 rings (SSSR count). The van der Waals surface area contributed by atoms with Crippen molar-refractivity contribution in [2.45, 2.75) is 37.8 Å². The molecule has 6 heteroatoms. The van der Waals surface area contributed by atoms with E-state index in [4.69, 9.17) is 18.2 Å². The molecule has 2 aromatic carbocycles. The number of hydrogen-bond acceptors (Lipinski definition) is 3. The van der Waals surface area contributed by atoms with E-state index in [-0.39, 0.29) is 31.1 Å². The number of halogens is 1. The fourth-order valence-electron chi connectivity index (χ4n) is 3.44. The molecule has 0 aromatic heterocycles. The molecule has 5 nitrogen and oxygen atoms in total. The minimum atomic E-state index is -0.682. The third-order valence-electron chi connectivity index (χ3n) is 4.97. The number of aryl methyl sites for hydroxylation is 1. The summed E-state index contributed by atoms with van der Waals surface area (Å²) in [5.74, 6) is -0.222. The van der Waals surface area contributed by atoms with Crippen LogP contribution in [0.4, 0.5) is 5.69 Å². The van der Waals surface area contributed by atoms with Crippen LogP contribution in [0.5, 0.6) is 0 Å². The van der Waals surface area contributed by atoms with E-state index in [1.54, 1.807) is 36.4 Å². The summed E-state index contributed by atoms with van der Waals surface area (Å²) in [5, 5.41) is 10.7. The predicted octanol–water partition coefficient (Wildman–Crippen LogP) is 3.60. The summed E-state index contributed by atoms with van der Waals surface area (Å²) in [6.07, 6.45) is 0.622. The fraction of sp³-hybridized carbons (Fsp3) is 0.318. The van der Waals surface area contributed by atoms with Gasteiger partial charge in [-0.25, -0.2) is 4.85 Å². The number of carbonyl (C=O) groups excluding carboxylic acids is 2. The zero-order chi connectivity index (χ0) is 20.1. The lowest BCUT2D eigenvalue weighted by molar-refractivity contribution is -0.137. The number of benzene rings is 2. The third kappa shape index (κ3) is 4.98. The Morgan fingerprint density at radius 2 is 1.75 bits per heavy atom. The van der Waals surface area contributed by atoms with Crippen LogP contribution in [0.2, 0.25) is 5.02 Å². The lowest BCUT2D eigenvalue weighted by Crippen LogP contribution is -2.41. The number of Topliss-reactive ketones (excluding diaryl/α,β-unsaturated/α-hetero) is 1. The van der Waals surface area contributed by atoms with Gasteiger partial charge in [0.2, 0.25) is 5.91 Å². The number of hydrogen-bond donors (Lipinski definition) is 1. The van der Waals surface area contributed by atoms with Crippen LogP contribution in [0.1, 0.15) is 24.0 Å². The second-order valence-electron chi connectivity index (χ2n) is 7.00. The molecule has 1 saturated heterocycles. The van der Waals surface area contributed by atoms with Crippen LogP contribution >= 0.6 is 11.6 Å². The summed E-state index contributed by atoms with van der Waals surface area (Å²) in [7, 11) is 0. The largest absolute Gasteiger partial charge is 0.391 e. The first-order chi connectivity index (χ1) is 13.5. The monoisotopic (exact) mass is 396 g/mol. The lowest BCUT2D eigenvalue weighted by Gasteiger charge is -2.23. The summed E-state index contributed by atoms with van der Waals surface area (Å²) in [4.78, 5) is 30.3. The molecule has 2 aromatic rings. The van der Waals surface area contributed by atoms with Gasteiger partial charge in [0.25, 0.3) is 0 Å². The van der Waals surface area contributed by atoms with E-state index >= 15 is 0 Å². The molecule has 0 unspecified atom stereocenters. The molecule has 0 radical (unpaired) electrons. The maximum atomic E-state index is 12.7. The highest BCUT2D eigenvalue weighted by Gasteiger charge is 2.38. The van der Waals surface area contributed by atoms with Crippen LogP contribution in [0.15, 0.2) is 48.5 Å². The molecule has 0 spiro atoms. The van der Waals surface area contributed by atoms with Crippen molar-refractivity contribution in [1.82, 2.24) is 4.90 Å². The molecule has 0 bridgehead atoms. The highest BCUT2D eigenvalue weighted by Crippen LogP contribution is 2.23. The van der Waals surface area contributed by atoms with Crippen molar-refractivity contribution in [2.75, 3.05) is 6.54 Å². The van der Waals surface area contributed by atoms with Gasteiger partial charge in [-0.1, -0.05) is 48.0 Å². The van der Waals surface area contributed by atoms with Crippen molar-refractivity contribution < 1.29 is 14.7 Å². The van der Waals surface area contributed by atoms with E-state index in [0.717, 1.165) is 11.1 Å². The van der Waals surface area contributed by atoms with Crippen molar-refractivity contribution in [2.24, 2.45) is 0 Å². The van der Waals surface area contributed by atoms with E-state index < -0.39 is 12.1 Å². The Bertz CT molecular complexity index is 887. The topological polar surface area (TPSA) is 62.0 Å². The number of rotatable bonds is 6. The molecule has 1 amide bonds. The van der Waals surface area contributed by atoms with Gasteiger partial charge in [-0.3, -0.25) is 9.59 Å². The first kappa shape index (κ1) is 20.1. The minimum absolute atomic E-state index is 0.0387. The summed E-state index contributed by atoms with van der Waals surface area (Å²) in [5.41, 5.74) is 2.31. The van der Waals surface area contributed by atoms with Gasteiger partial charge in [0.05, 0.1) is 25.1 Å². The molecule has 1 aliphatic heterocycles. The Morgan fingerprint density at radius 3 is 2.39 bits per heavy atom. The minimum Gasteiger partial charge on any atom is -0.391 e. The third-order valence-corrected chi connectivity index (χ3v) is 5.22. The van der Waals surface area contributed by atoms with E-state index in [2.05, 4.69) is 4.85 Å². The molecular formula is C22H21ClN2O3. The van der Waals surface area contributed by atoms with E-state index in [9.17, 15) is 14.7 Å². The number of aliphatic hydroxyl groups is 1. The number of likely N-dealkylation sites (tertiary alicyclic amines) is 1. The second kappa shape index (κ2) is 9.01. The van der Waals surface area contributed by atoms with Crippen molar-refractivity contribution in [3.63, 3.8) is 0 Å². The first-order valence-corrected chi connectivity index (χ1v) is 9.55. The van der Waals surface area contributed by atoms with Crippen LogP contribution in [0, 0.1) is 6.57 Å². The summed E-state index contributed by atoms with van der Waals surface area (Å²) in [6, 6.07) is 13.6. The van der Waals surface area contributed by atoms with Crippen molar-refractivity contribution in [3.05, 3.63) is 76.1 Å². The quantitative estimate of drug-likeness (QED) is 0.759. The second-order valence-corrected chi connectivity index (χ2v) is 7.44. The van der Waals surface area contributed by atoms with Gasteiger partial charge < -0.3 is 10.0 Å². The van der Waals surface area contributed by atoms with Crippen LogP contribution in [-0.2, 0) is 22.4 Å². The number of carbonyl (C=O) groups is 2. The van der Waals surface area contributed by atoms with Gasteiger partial charge in [0.1, 0.15) is 0 Å². The average Bonchev–Trinajstić information content (AvgIpc) is 3.10. The fourth-order valence-corrected chi connectivity index (χ4v) is 3.57. The lowest BCUT2D eigenvalue weighted by atomic mass is 10.0. The normalized spacial score (nSPS) is 18.7. The van der Waals surface area contributed by atoms with Crippen LogP contribution in [0.25, 0.3) is 4.85 Å². The summed E-state index contributed by atoms with van der Waals surface area (Å²) in [6.45, 7) is 7.15. The number of amides is 1. The molecular weight excluding hydrogens is 376 g/mol. The summed E-state index contributed by atoms with van der Waals surface area (Å²) >= 11 is 5.88. The smallest absolute Gasteiger partial charge is 0.227 e. The van der Waals surface area contributed by atoms with Crippen molar-refractivity contribution in [3.8, 4) is 0 Å². The molecule has 1 fully saturated rings. The predicted molar refractivity (Wildman–Crippen MR) is 107 cm³/mol. The Morgan fingerprint density at radius 1 is 1.11 bits per heavy atom. The highest BCUT2D eigenvalue weighted by molar-refractivity contribution is 6.30. The van der Waals surface area contributed by atoms with Crippen LogP contribution in [-0.4, -0.2) is 40.4 Å². The van der Waals surface area contributed by atoms with Gasteiger partial charge in [-0.2, -0.15) is 0 Å². The van der Waals surface area contributed by atoms with E-state index in [0.29, 0.717) is 23.6 Å². The Hall–Kier alpha value is -2.68. The average molecular weight is 397 g/mol. The number of aliphatic hydroxyl groups excluding tert-OH is 1. The SMILES string of the molecule is [C-]#[N+]c1ccc(CC(=O)N2C[C@H](O)C[C@H]2C(=O)CCc2ccc(Cl)cc2)cc1. The number of ketones is 1. The summed E-state index contributed by atoms with van der Waals surface area (Å²) < 4.78 is 0. The van der Waals surface area contributed by atoms with Gasteiger partial charge in [-0.05, 0) is 29.7 Å². The Balaban J connectivity index is 1.62. The van der Waals surface area contributed by atoms with Gasteiger partial charge in [0.15, 0.2) is 11.5 Å². The number of β-amino-alcohol motifs (C(OH)–C–C–N with tert-alkyl or cyclic N) is 1. The molecule has 2 atom stereocenters. The Kier molecular flexibility index (Phi) is 6.45. The number of nitrogens with zero attached hydrogens (tertiary/aromatic N) is 2. The maximum Gasteiger partial charge on any atom is 0.227 e. The first-order valence-electron chi connectivity index (χ1n) is 9.17. The molecule has 1 N–H and O–H groups in total. The van der Waals surface area contributed by atoms with Crippen LogP contribution in [0.3, 0.4) is 0 Å².